The van der Waals surface area contributed by atoms with Gasteiger partial charge >= 0.3 is 0 Å². The van der Waals surface area contributed by atoms with Gasteiger partial charge < -0.3 is 5.73 Å². The second-order valence-corrected chi connectivity index (χ2v) is 5.74. The topological polar surface area (TPSA) is 111 Å². The predicted molar refractivity (Wildman–Crippen MR) is 70.2 cm³/mol. The van der Waals surface area contributed by atoms with Crippen LogP contribution in [0, 0.1) is 22.7 Å². The highest BCUT2D eigenvalue weighted by Crippen LogP contribution is 2.21. The van der Waals surface area contributed by atoms with E-state index >= 15 is 0 Å². The molecule has 0 amide bonds. The molecule has 0 aliphatic rings. The van der Waals surface area contributed by atoms with Crippen molar-refractivity contribution in [2.75, 3.05) is 18.8 Å². The Morgan fingerprint density at radius 2 is 1.84 bits per heavy atom. The van der Waals surface area contributed by atoms with Crippen LogP contribution in [0.25, 0.3) is 0 Å². The maximum atomic E-state index is 12.2. The summed E-state index contributed by atoms with van der Waals surface area (Å²) < 4.78 is 25.3. The van der Waals surface area contributed by atoms with Gasteiger partial charge in [-0.2, -0.15) is 14.8 Å². The SMILES string of the molecule is CCc1ccc(S(=O)(=O)N(CC#N)CC#N)cc1N. The van der Waals surface area contributed by atoms with Crippen LogP contribution in [0.4, 0.5) is 5.69 Å². The molecular weight excluding hydrogens is 264 g/mol. The first-order chi connectivity index (χ1) is 8.97. The fourth-order valence-corrected chi connectivity index (χ4v) is 2.86. The molecule has 6 nitrogen and oxygen atoms in total. The van der Waals surface area contributed by atoms with Gasteiger partial charge in [-0.15, -0.1) is 0 Å². The van der Waals surface area contributed by atoms with E-state index in [1.807, 2.05) is 6.92 Å². The Morgan fingerprint density at radius 3 is 2.26 bits per heavy atom. The highest BCUT2D eigenvalue weighted by atomic mass is 32.2. The van der Waals surface area contributed by atoms with Gasteiger partial charge in [0.2, 0.25) is 10.0 Å². The highest BCUT2D eigenvalue weighted by molar-refractivity contribution is 7.89. The van der Waals surface area contributed by atoms with Crippen LogP contribution in [-0.2, 0) is 16.4 Å². The molecule has 2 N–H and O–H groups in total. The van der Waals surface area contributed by atoms with Crippen molar-refractivity contribution in [3.8, 4) is 12.1 Å². The molecule has 0 spiro atoms. The van der Waals surface area contributed by atoms with Crippen molar-refractivity contribution in [3.05, 3.63) is 23.8 Å². The van der Waals surface area contributed by atoms with E-state index in [0.29, 0.717) is 12.1 Å². The van der Waals surface area contributed by atoms with Crippen LogP contribution in [0.3, 0.4) is 0 Å². The maximum Gasteiger partial charge on any atom is 0.245 e. The molecule has 0 saturated heterocycles. The second-order valence-electron chi connectivity index (χ2n) is 3.80. The van der Waals surface area contributed by atoms with E-state index in [1.54, 1.807) is 18.2 Å². The summed E-state index contributed by atoms with van der Waals surface area (Å²) >= 11 is 0. The summed E-state index contributed by atoms with van der Waals surface area (Å²) in [5.74, 6) is 0. The first kappa shape index (κ1) is 15.0. The van der Waals surface area contributed by atoms with Crippen molar-refractivity contribution >= 4 is 15.7 Å². The van der Waals surface area contributed by atoms with Crippen LogP contribution >= 0.6 is 0 Å². The van der Waals surface area contributed by atoms with E-state index in [-0.39, 0.29) is 18.0 Å². The van der Waals surface area contributed by atoms with Gasteiger partial charge in [0.05, 0.1) is 17.0 Å². The van der Waals surface area contributed by atoms with Gasteiger partial charge in [-0.3, -0.25) is 0 Å². The summed E-state index contributed by atoms with van der Waals surface area (Å²) in [7, 11) is -3.86. The van der Waals surface area contributed by atoms with E-state index in [0.717, 1.165) is 9.87 Å². The molecule has 0 aromatic heterocycles. The van der Waals surface area contributed by atoms with Gasteiger partial charge in [-0.05, 0) is 24.1 Å². The molecule has 7 heteroatoms. The van der Waals surface area contributed by atoms with Crippen LogP contribution in [0.2, 0.25) is 0 Å². The number of sulfonamides is 1. The molecule has 1 rings (SSSR count). The van der Waals surface area contributed by atoms with Gasteiger partial charge in [-0.1, -0.05) is 13.0 Å². The Morgan fingerprint density at radius 1 is 1.26 bits per heavy atom. The standard InChI is InChI=1S/C12H14N4O2S/c1-2-10-3-4-11(9-12(10)15)19(17,18)16(7-5-13)8-6-14/h3-4,9H,2,7-8,15H2,1H3. The van der Waals surface area contributed by atoms with Crippen LogP contribution in [0.1, 0.15) is 12.5 Å². The van der Waals surface area contributed by atoms with E-state index in [2.05, 4.69) is 0 Å². The summed E-state index contributed by atoms with van der Waals surface area (Å²) in [5.41, 5.74) is 7.00. The second kappa shape index (κ2) is 6.19. The number of nitriles is 2. The molecule has 0 radical (unpaired) electrons. The summed E-state index contributed by atoms with van der Waals surface area (Å²) in [4.78, 5) is -0.00676. The average Bonchev–Trinajstić information content (AvgIpc) is 2.38. The van der Waals surface area contributed by atoms with Crippen molar-refractivity contribution in [1.29, 1.82) is 10.5 Å². The molecule has 100 valence electrons. The van der Waals surface area contributed by atoms with Gasteiger partial charge in [0.1, 0.15) is 13.1 Å². The molecule has 0 fully saturated rings. The van der Waals surface area contributed by atoms with E-state index in [4.69, 9.17) is 16.3 Å². The number of hydrogen-bond donors (Lipinski definition) is 1. The first-order valence-electron chi connectivity index (χ1n) is 5.59. The van der Waals surface area contributed by atoms with Crippen LogP contribution in [-0.4, -0.2) is 25.8 Å². The molecule has 0 aliphatic heterocycles. The quantitative estimate of drug-likeness (QED) is 0.634. The molecule has 0 unspecified atom stereocenters. The summed E-state index contributed by atoms with van der Waals surface area (Å²) in [6.45, 7) is 1.17. The zero-order chi connectivity index (χ0) is 14.5. The summed E-state index contributed by atoms with van der Waals surface area (Å²) in [6.07, 6.45) is 0.701. The first-order valence-corrected chi connectivity index (χ1v) is 7.03. The van der Waals surface area contributed by atoms with E-state index in [1.165, 1.54) is 12.1 Å². The predicted octanol–water partition coefficient (Wildman–Crippen LogP) is 0.869. The number of nitrogens with two attached hydrogens (primary N) is 1. The summed E-state index contributed by atoms with van der Waals surface area (Å²) in [6, 6.07) is 7.89. The van der Waals surface area contributed by atoms with Crippen molar-refractivity contribution in [3.63, 3.8) is 0 Å². The Hall–Kier alpha value is -2.09. The van der Waals surface area contributed by atoms with Crippen molar-refractivity contribution in [2.45, 2.75) is 18.2 Å². The number of rotatable bonds is 5. The van der Waals surface area contributed by atoms with Crippen LogP contribution in [0.15, 0.2) is 23.1 Å². The van der Waals surface area contributed by atoms with Gasteiger partial charge in [0, 0.05) is 5.69 Å². The van der Waals surface area contributed by atoms with Crippen LogP contribution < -0.4 is 5.73 Å². The van der Waals surface area contributed by atoms with Crippen molar-refractivity contribution < 1.29 is 8.42 Å². The molecule has 19 heavy (non-hydrogen) atoms. The summed E-state index contributed by atoms with van der Waals surface area (Å²) in [5, 5.41) is 17.2. The van der Waals surface area contributed by atoms with Gasteiger partial charge in [0.15, 0.2) is 0 Å². The average molecular weight is 278 g/mol. The van der Waals surface area contributed by atoms with Gasteiger partial charge in [0.25, 0.3) is 0 Å². The molecule has 1 aromatic rings. The van der Waals surface area contributed by atoms with Gasteiger partial charge in [-0.25, -0.2) is 8.42 Å². The molecule has 0 saturated carbocycles. The minimum atomic E-state index is -3.86. The maximum absolute atomic E-state index is 12.2. The Balaban J connectivity index is 3.23. The minimum Gasteiger partial charge on any atom is -0.398 e. The number of hydrogen-bond acceptors (Lipinski definition) is 5. The largest absolute Gasteiger partial charge is 0.398 e. The highest BCUT2D eigenvalue weighted by Gasteiger charge is 2.24. The Bertz CT molecular complexity index is 625. The third-order valence-corrected chi connectivity index (χ3v) is 4.42. The monoisotopic (exact) mass is 278 g/mol. The van der Waals surface area contributed by atoms with Crippen molar-refractivity contribution in [2.24, 2.45) is 0 Å². The lowest BCUT2D eigenvalue weighted by Gasteiger charge is -2.16. The van der Waals surface area contributed by atoms with Crippen molar-refractivity contribution in [1.82, 2.24) is 4.31 Å². The van der Waals surface area contributed by atoms with E-state index < -0.39 is 10.0 Å². The molecule has 0 atom stereocenters. The molecule has 0 bridgehead atoms. The molecule has 0 heterocycles. The Kier molecular flexibility index (Phi) is 4.87. The number of nitrogen functional groups attached to an aromatic ring is 1. The number of benzene rings is 1. The number of anilines is 1. The lowest BCUT2D eigenvalue weighted by atomic mass is 10.1. The number of aryl methyl sites for hydroxylation is 1. The van der Waals surface area contributed by atoms with E-state index in [9.17, 15) is 8.42 Å². The fourth-order valence-electron chi connectivity index (χ4n) is 1.59. The third kappa shape index (κ3) is 3.22. The van der Waals surface area contributed by atoms with Crippen LogP contribution in [0.5, 0.6) is 0 Å². The lowest BCUT2D eigenvalue weighted by Crippen LogP contribution is -2.32. The number of nitrogens with zero attached hydrogens (tertiary/aromatic N) is 3. The zero-order valence-electron chi connectivity index (χ0n) is 10.5. The fraction of sp³-hybridized carbons (Fsp3) is 0.333. The molecule has 1 aromatic carbocycles. The zero-order valence-corrected chi connectivity index (χ0v) is 11.3. The smallest absolute Gasteiger partial charge is 0.245 e. The Labute approximate surface area is 112 Å². The normalized spacial score (nSPS) is 10.9. The lowest BCUT2D eigenvalue weighted by molar-refractivity contribution is 0.479. The minimum absolute atomic E-state index is 0.00676. The molecular formula is C12H14N4O2S. The third-order valence-electron chi connectivity index (χ3n) is 2.63. The molecule has 0 aliphatic carbocycles.